The lowest BCUT2D eigenvalue weighted by Crippen LogP contribution is -2.17. The van der Waals surface area contributed by atoms with Gasteiger partial charge in [-0.1, -0.05) is 178 Å². The van der Waals surface area contributed by atoms with Gasteiger partial charge in [-0.3, -0.25) is 9.55 Å². The highest BCUT2D eigenvalue weighted by Gasteiger charge is 2.29. The number of hydrogen-bond donors (Lipinski definition) is 1. The van der Waals surface area contributed by atoms with E-state index in [1.807, 2.05) is 71.4 Å². The Balaban J connectivity index is 1.28. The number of aryl methyl sites for hydroxylation is 1. The molecular formula is C61H59N3O. The van der Waals surface area contributed by atoms with Crippen LogP contribution in [0, 0.1) is 6.85 Å². The van der Waals surface area contributed by atoms with Crippen LogP contribution >= 0.6 is 0 Å². The Kier molecular flexibility index (Phi) is 10.0. The lowest BCUT2D eigenvalue weighted by molar-refractivity contribution is 0.446. The molecular weight excluding hydrogens is 791 g/mol. The first-order valence-corrected chi connectivity index (χ1v) is 22.5. The van der Waals surface area contributed by atoms with E-state index >= 15 is 0 Å². The summed E-state index contributed by atoms with van der Waals surface area (Å²) in [6.45, 7) is 17.1. The standard InChI is InChI=1S/C61H59N3O/c1-39-32-49(28-29-50(39)43-20-15-12-16-21-43)64-55-23-17-22-51(56(55)63-58(64)52-37-48(60(5,6)7)38-53(57(52)65)61(8,9)10)45-33-46(35-47(34-45)59(2,3)4)54-36-44(30-31-62-54)42-26-24-41(25-27-42)40-18-13-11-14-19-40/h11-38,65H,1-10H3/i1D3. The van der Waals surface area contributed by atoms with Crippen molar-refractivity contribution < 1.29 is 9.22 Å². The highest BCUT2D eigenvalue weighted by atomic mass is 16.3. The summed E-state index contributed by atoms with van der Waals surface area (Å²) in [6.07, 6.45) is 1.88. The second kappa shape index (κ2) is 16.5. The maximum Gasteiger partial charge on any atom is 0.149 e. The Bertz CT molecular complexity index is 3310. The van der Waals surface area contributed by atoms with E-state index in [9.17, 15) is 5.11 Å². The number of hydrogen-bond acceptors (Lipinski definition) is 3. The van der Waals surface area contributed by atoms with Crippen molar-refractivity contribution in [2.24, 2.45) is 0 Å². The Morgan fingerprint density at radius 3 is 1.74 bits per heavy atom. The number of benzene rings is 7. The van der Waals surface area contributed by atoms with Crippen LogP contribution < -0.4 is 0 Å². The largest absolute Gasteiger partial charge is 0.507 e. The average Bonchev–Trinajstić information content (AvgIpc) is 3.70. The molecule has 324 valence electrons. The van der Waals surface area contributed by atoms with Gasteiger partial charge >= 0.3 is 0 Å². The molecule has 0 bridgehead atoms. The van der Waals surface area contributed by atoms with E-state index in [1.165, 1.54) is 11.1 Å². The van der Waals surface area contributed by atoms with Crippen molar-refractivity contribution in [2.45, 2.75) is 85.4 Å². The predicted molar refractivity (Wildman–Crippen MR) is 274 cm³/mol. The van der Waals surface area contributed by atoms with Gasteiger partial charge in [-0.15, -0.1) is 0 Å². The monoisotopic (exact) mass is 852 g/mol. The lowest BCUT2D eigenvalue weighted by Gasteiger charge is -2.27. The number of pyridine rings is 1. The van der Waals surface area contributed by atoms with Crippen LogP contribution in [0.5, 0.6) is 5.75 Å². The number of phenolic OH excluding ortho intramolecular Hbond substituents is 1. The molecule has 0 amide bonds. The molecule has 1 N–H and O–H groups in total. The summed E-state index contributed by atoms with van der Waals surface area (Å²) < 4.78 is 28.3. The van der Waals surface area contributed by atoms with Gasteiger partial charge in [0.1, 0.15) is 11.6 Å². The summed E-state index contributed by atoms with van der Waals surface area (Å²) in [5, 5.41) is 12.4. The first-order chi connectivity index (χ1) is 32.1. The summed E-state index contributed by atoms with van der Waals surface area (Å²) in [7, 11) is 0. The first-order valence-electron chi connectivity index (χ1n) is 24.0. The molecule has 0 spiro atoms. The van der Waals surface area contributed by atoms with Crippen LogP contribution in [0.25, 0.3) is 83.9 Å². The number of phenols is 1. The summed E-state index contributed by atoms with van der Waals surface area (Å²) in [5.74, 6) is 0.670. The number of rotatable bonds is 7. The minimum Gasteiger partial charge on any atom is -0.507 e. The molecule has 0 aliphatic rings. The van der Waals surface area contributed by atoms with Crippen LogP contribution in [-0.4, -0.2) is 19.6 Å². The van der Waals surface area contributed by atoms with Gasteiger partial charge in [0.2, 0.25) is 0 Å². The third-order valence-corrected chi connectivity index (χ3v) is 12.5. The normalized spacial score (nSPS) is 13.1. The Morgan fingerprint density at radius 1 is 0.477 bits per heavy atom. The number of imidazole rings is 1. The smallest absolute Gasteiger partial charge is 0.149 e. The van der Waals surface area contributed by atoms with Crippen molar-refractivity contribution in [3.8, 4) is 78.6 Å². The third-order valence-electron chi connectivity index (χ3n) is 12.5. The zero-order valence-corrected chi connectivity index (χ0v) is 39.0. The maximum absolute atomic E-state index is 12.4. The molecule has 4 nitrogen and oxygen atoms in total. The summed E-state index contributed by atoms with van der Waals surface area (Å²) >= 11 is 0. The number of fused-ring (bicyclic) bond motifs is 1. The minimum absolute atomic E-state index is 0.151. The molecule has 0 unspecified atom stereocenters. The Morgan fingerprint density at radius 2 is 1.09 bits per heavy atom. The van der Waals surface area contributed by atoms with Crippen molar-refractivity contribution >= 4 is 11.0 Å². The van der Waals surface area contributed by atoms with Gasteiger partial charge in [0.15, 0.2) is 0 Å². The molecule has 9 rings (SSSR count). The molecule has 0 atom stereocenters. The van der Waals surface area contributed by atoms with Crippen LogP contribution in [0.15, 0.2) is 170 Å². The van der Waals surface area contributed by atoms with E-state index < -0.39 is 12.3 Å². The van der Waals surface area contributed by atoms with Crippen LogP contribution in [0.2, 0.25) is 0 Å². The highest BCUT2D eigenvalue weighted by Crippen LogP contribution is 2.45. The number of aromatic hydroxyl groups is 1. The third kappa shape index (κ3) is 8.54. The average molecular weight is 853 g/mol. The van der Waals surface area contributed by atoms with Gasteiger partial charge in [0.05, 0.1) is 22.3 Å². The fourth-order valence-corrected chi connectivity index (χ4v) is 8.74. The molecule has 0 aliphatic heterocycles. The maximum atomic E-state index is 12.4. The molecule has 0 saturated carbocycles. The molecule has 65 heavy (non-hydrogen) atoms. The van der Waals surface area contributed by atoms with Gasteiger partial charge in [-0.25, -0.2) is 4.98 Å². The summed E-state index contributed by atoms with van der Waals surface area (Å²) in [5.41, 5.74) is 14.8. The molecule has 0 radical (unpaired) electrons. The molecule has 2 heterocycles. The van der Waals surface area contributed by atoms with Gasteiger partial charge in [-0.2, -0.15) is 0 Å². The van der Waals surface area contributed by atoms with Crippen molar-refractivity contribution in [2.75, 3.05) is 0 Å². The molecule has 7 aromatic carbocycles. The molecule has 0 saturated heterocycles. The zero-order valence-electron chi connectivity index (χ0n) is 42.0. The Labute approximate surface area is 389 Å². The zero-order chi connectivity index (χ0) is 48.3. The second-order valence-electron chi connectivity index (χ2n) is 20.4. The van der Waals surface area contributed by atoms with Gasteiger partial charge in [0, 0.05) is 32.7 Å². The van der Waals surface area contributed by atoms with E-state index in [2.05, 4.69) is 159 Å². The fourth-order valence-electron chi connectivity index (χ4n) is 8.74. The van der Waals surface area contributed by atoms with E-state index in [4.69, 9.17) is 14.1 Å². The van der Waals surface area contributed by atoms with E-state index in [0.717, 1.165) is 66.8 Å². The topological polar surface area (TPSA) is 50.9 Å². The van der Waals surface area contributed by atoms with Gasteiger partial charge in [0.25, 0.3) is 0 Å². The lowest BCUT2D eigenvalue weighted by atomic mass is 9.79. The highest BCUT2D eigenvalue weighted by molar-refractivity contribution is 5.97. The predicted octanol–water partition coefficient (Wildman–Crippen LogP) is 16.3. The van der Waals surface area contributed by atoms with E-state index in [0.29, 0.717) is 22.6 Å². The number of nitrogens with zero attached hydrogens (tertiary/aromatic N) is 3. The summed E-state index contributed by atoms with van der Waals surface area (Å²) in [6, 6.07) is 55.6. The fraction of sp³-hybridized carbons (Fsp3) is 0.213. The van der Waals surface area contributed by atoms with Crippen LogP contribution in [0.3, 0.4) is 0 Å². The number of para-hydroxylation sites is 1. The second-order valence-corrected chi connectivity index (χ2v) is 20.4. The molecule has 0 fully saturated rings. The van der Waals surface area contributed by atoms with Gasteiger partial charge < -0.3 is 5.11 Å². The van der Waals surface area contributed by atoms with Crippen LogP contribution in [0.4, 0.5) is 0 Å². The van der Waals surface area contributed by atoms with Crippen molar-refractivity contribution in [3.05, 3.63) is 192 Å². The molecule has 0 aliphatic carbocycles. The van der Waals surface area contributed by atoms with Gasteiger partial charge in [-0.05, 0) is 127 Å². The molecule has 9 aromatic rings. The Hall–Kier alpha value is -7.04. The van der Waals surface area contributed by atoms with E-state index in [1.54, 1.807) is 6.07 Å². The molecule has 4 heteroatoms. The number of aromatic nitrogens is 3. The van der Waals surface area contributed by atoms with Crippen molar-refractivity contribution in [1.82, 2.24) is 14.5 Å². The van der Waals surface area contributed by atoms with Crippen LogP contribution in [-0.2, 0) is 16.2 Å². The minimum atomic E-state index is -2.42. The first kappa shape index (κ1) is 39.5. The quantitative estimate of drug-likeness (QED) is 0.174. The SMILES string of the molecule is [2H]C([2H])([2H])c1cc(-n2c(-c3cc(C(C)(C)C)cc(C(C)(C)C)c3O)nc3c(-c4cc(-c5cc(-c6ccc(-c7ccccc7)cc6)ccn5)cc(C(C)(C)C)c4)cccc32)ccc1-c1ccccc1. The molecule has 2 aromatic heterocycles. The van der Waals surface area contributed by atoms with Crippen molar-refractivity contribution in [1.29, 1.82) is 0 Å². The van der Waals surface area contributed by atoms with Crippen LogP contribution in [0.1, 0.15) is 88.7 Å². The van der Waals surface area contributed by atoms with E-state index in [-0.39, 0.29) is 22.1 Å². The van der Waals surface area contributed by atoms with Crippen molar-refractivity contribution in [3.63, 3.8) is 0 Å². The summed E-state index contributed by atoms with van der Waals surface area (Å²) in [4.78, 5) is 10.5.